The van der Waals surface area contributed by atoms with Gasteiger partial charge in [0.15, 0.2) is 5.96 Å². The molecule has 0 atom stereocenters. The second kappa shape index (κ2) is 13.6. The molecule has 0 aliphatic carbocycles. The molecule has 2 aliphatic heterocycles. The second-order valence-corrected chi connectivity index (χ2v) is 8.27. The van der Waals surface area contributed by atoms with E-state index in [1.807, 2.05) is 7.05 Å². The first-order valence-electron chi connectivity index (χ1n) is 11.6. The molecule has 0 saturated carbocycles. The molecule has 7 heteroatoms. The van der Waals surface area contributed by atoms with Crippen LogP contribution in [0.5, 0.6) is 0 Å². The number of rotatable bonds is 6. The molecule has 0 radical (unpaired) electrons. The molecular weight excluding hydrogens is 525 g/mol. The molecule has 4 rings (SSSR count). The summed E-state index contributed by atoms with van der Waals surface area (Å²) in [5.41, 5.74) is 3.81. The summed E-state index contributed by atoms with van der Waals surface area (Å²) in [5.74, 6) is 0.988. The minimum atomic E-state index is 0. The van der Waals surface area contributed by atoms with E-state index in [0.717, 1.165) is 71.5 Å². The van der Waals surface area contributed by atoms with Gasteiger partial charge in [-0.3, -0.25) is 9.89 Å². The molecule has 2 aromatic carbocycles. The Labute approximate surface area is 215 Å². The summed E-state index contributed by atoms with van der Waals surface area (Å²) >= 11 is 0. The number of aliphatic imine (C=N–C) groups is 1. The van der Waals surface area contributed by atoms with Gasteiger partial charge in [0, 0.05) is 65.1 Å². The van der Waals surface area contributed by atoms with Crippen LogP contribution in [-0.4, -0.2) is 81.8 Å². The van der Waals surface area contributed by atoms with Crippen molar-refractivity contribution in [1.82, 2.24) is 15.1 Å². The topological polar surface area (TPSA) is 43.3 Å². The van der Waals surface area contributed by atoms with Gasteiger partial charge < -0.3 is 19.9 Å². The molecule has 2 aliphatic rings. The molecular formula is C26H36IN5O. The van der Waals surface area contributed by atoms with Crippen molar-refractivity contribution in [2.75, 3.05) is 71.0 Å². The predicted octanol–water partition coefficient (Wildman–Crippen LogP) is 3.55. The monoisotopic (exact) mass is 561 g/mol. The van der Waals surface area contributed by atoms with E-state index in [0.29, 0.717) is 0 Å². The lowest BCUT2D eigenvalue weighted by molar-refractivity contribution is 0.122. The number of hydrogen-bond donors (Lipinski definition) is 1. The van der Waals surface area contributed by atoms with Crippen molar-refractivity contribution in [3.05, 3.63) is 71.8 Å². The van der Waals surface area contributed by atoms with Gasteiger partial charge in [-0.15, -0.1) is 24.0 Å². The van der Waals surface area contributed by atoms with E-state index in [1.54, 1.807) is 0 Å². The predicted molar refractivity (Wildman–Crippen MR) is 149 cm³/mol. The second-order valence-electron chi connectivity index (χ2n) is 8.27. The zero-order chi connectivity index (χ0) is 22.0. The van der Waals surface area contributed by atoms with Gasteiger partial charge in [0.2, 0.25) is 0 Å². The number of anilines is 1. The van der Waals surface area contributed by atoms with Crippen LogP contribution in [0.4, 0.5) is 5.69 Å². The molecule has 0 unspecified atom stereocenters. The van der Waals surface area contributed by atoms with E-state index in [-0.39, 0.29) is 24.0 Å². The van der Waals surface area contributed by atoms with Gasteiger partial charge in [-0.25, -0.2) is 0 Å². The van der Waals surface area contributed by atoms with Crippen molar-refractivity contribution in [3.8, 4) is 0 Å². The fourth-order valence-electron chi connectivity index (χ4n) is 4.20. The number of halogens is 1. The Morgan fingerprint density at radius 3 is 2.30 bits per heavy atom. The van der Waals surface area contributed by atoms with Crippen LogP contribution in [0.3, 0.4) is 0 Å². The molecule has 1 N–H and O–H groups in total. The summed E-state index contributed by atoms with van der Waals surface area (Å²) in [6.45, 7) is 9.44. The number of benzene rings is 2. The molecule has 2 heterocycles. The summed E-state index contributed by atoms with van der Waals surface area (Å²) < 4.78 is 5.45. The lowest BCUT2D eigenvalue weighted by Crippen LogP contribution is -2.52. The maximum atomic E-state index is 5.45. The highest BCUT2D eigenvalue weighted by atomic mass is 127. The number of nitrogens with one attached hydrogen (secondary N) is 1. The molecule has 2 saturated heterocycles. The quantitative estimate of drug-likeness (QED) is 0.332. The van der Waals surface area contributed by atoms with Crippen LogP contribution >= 0.6 is 24.0 Å². The van der Waals surface area contributed by atoms with Gasteiger partial charge in [0.05, 0.1) is 13.2 Å². The highest BCUT2D eigenvalue weighted by Gasteiger charge is 2.18. The first-order valence-corrected chi connectivity index (χ1v) is 11.6. The average Bonchev–Trinajstić information content (AvgIpc) is 2.87. The number of nitrogens with zero attached hydrogens (tertiary/aromatic N) is 4. The number of hydrogen-bond acceptors (Lipinski definition) is 4. The first kappa shape index (κ1) is 25.5. The maximum absolute atomic E-state index is 5.45. The zero-order valence-electron chi connectivity index (χ0n) is 19.5. The molecule has 2 aromatic rings. The van der Waals surface area contributed by atoms with E-state index in [1.165, 1.54) is 16.8 Å². The van der Waals surface area contributed by atoms with Gasteiger partial charge in [-0.2, -0.15) is 0 Å². The molecule has 33 heavy (non-hydrogen) atoms. The Bertz CT molecular complexity index is 873. The third-order valence-corrected chi connectivity index (χ3v) is 6.12. The lowest BCUT2D eigenvalue weighted by atomic mass is 10.2. The Hall–Kier alpha value is -2.10. The molecule has 2 fully saturated rings. The molecule has 0 bridgehead atoms. The van der Waals surface area contributed by atoms with Gasteiger partial charge in [-0.05, 0) is 23.3 Å². The highest BCUT2D eigenvalue weighted by molar-refractivity contribution is 14.0. The van der Waals surface area contributed by atoms with Crippen LogP contribution < -0.4 is 10.2 Å². The molecule has 178 valence electrons. The van der Waals surface area contributed by atoms with E-state index >= 15 is 0 Å². The Balaban J connectivity index is 0.00000306. The number of morpholine rings is 1. The van der Waals surface area contributed by atoms with E-state index < -0.39 is 0 Å². The van der Waals surface area contributed by atoms with E-state index in [9.17, 15) is 0 Å². The lowest BCUT2D eigenvalue weighted by Gasteiger charge is -2.36. The van der Waals surface area contributed by atoms with Gasteiger partial charge in [0.25, 0.3) is 0 Å². The largest absolute Gasteiger partial charge is 0.378 e. The van der Waals surface area contributed by atoms with Gasteiger partial charge in [-0.1, -0.05) is 54.6 Å². The van der Waals surface area contributed by atoms with Crippen molar-refractivity contribution < 1.29 is 4.74 Å². The first-order chi connectivity index (χ1) is 15.8. The summed E-state index contributed by atoms with van der Waals surface area (Å²) in [4.78, 5) is 11.8. The summed E-state index contributed by atoms with van der Waals surface area (Å²) in [6.07, 6.45) is 4.47. The third kappa shape index (κ3) is 7.72. The molecule has 0 aromatic heterocycles. The van der Waals surface area contributed by atoms with Gasteiger partial charge >= 0.3 is 0 Å². The Kier molecular flexibility index (Phi) is 10.5. The standard InChI is InChI=1S/C26H35N5O.HI/c1-27-26(28-22-24-9-11-25(12-10-24)30-18-20-32-21-19-30)31-16-14-29(15-17-31)13-5-8-23-6-3-2-4-7-23;/h2-12H,13-22H2,1H3,(H,27,28);1H/b8-5+;. The van der Waals surface area contributed by atoms with Crippen molar-refractivity contribution in [2.24, 2.45) is 4.99 Å². The van der Waals surface area contributed by atoms with Crippen LogP contribution in [0.25, 0.3) is 6.08 Å². The molecule has 0 spiro atoms. The Morgan fingerprint density at radius 2 is 1.64 bits per heavy atom. The Morgan fingerprint density at radius 1 is 0.939 bits per heavy atom. The third-order valence-electron chi connectivity index (χ3n) is 6.12. The SMILES string of the molecule is CN=C(NCc1ccc(N2CCOCC2)cc1)N1CCN(C/C=C/c2ccccc2)CC1.I. The van der Waals surface area contributed by atoms with Crippen LogP contribution in [0.15, 0.2) is 65.7 Å². The van der Waals surface area contributed by atoms with Crippen LogP contribution in [-0.2, 0) is 11.3 Å². The average molecular weight is 562 g/mol. The summed E-state index contributed by atoms with van der Waals surface area (Å²) in [6, 6.07) is 19.3. The minimum absolute atomic E-state index is 0. The van der Waals surface area contributed by atoms with Crippen molar-refractivity contribution >= 4 is 41.7 Å². The summed E-state index contributed by atoms with van der Waals surface area (Å²) in [5, 5.41) is 3.54. The van der Waals surface area contributed by atoms with Crippen LogP contribution in [0.2, 0.25) is 0 Å². The number of guanidine groups is 1. The highest BCUT2D eigenvalue weighted by Crippen LogP contribution is 2.16. The zero-order valence-corrected chi connectivity index (χ0v) is 21.9. The van der Waals surface area contributed by atoms with E-state index in [2.05, 4.69) is 91.8 Å². The maximum Gasteiger partial charge on any atom is 0.194 e. The minimum Gasteiger partial charge on any atom is -0.378 e. The van der Waals surface area contributed by atoms with Crippen LogP contribution in [0, 0.1) is 0 Å². The van der Waals surface area contributed by atoms with Crippen molar-refractivity contribution in [3.63, 3.8) is 0 Å². The van der Waals surface area contributed by atoms with Crippen LogP contribution in [0.1, 0.15) is 11.1 Å². The van der Waals surface area contributed by atoms with Gasteiger partial charge in [0.1, 0.15) is 0 Å². The molecule has 0 amide bonds. The molecule has 6 nitrogen and oxygen atoms in total. The fraction of sp³-hybridized carbons (Fsp3) is 0.423. The van der Waals surface area contributed by atoms with Crippen molar-refractivity contribution in [1.29, 1.82) is 0 Å². The fourth-order valence-corrected chi connectivity index (χ4v) is 4.20. The van der Waals surface area contributed by atoms with Crippen molar-refractivity contribution in [2.45, 2.75) is 6.54 Å². The normalized spacial score (nSPS) is 17.8. The smallest absolute Gasteiger partial charge is 0.194 e. The number of piperazine rings is 1. The van der Waals surface area contributed by atoms with E-state index in [4.69, 9.17) is 4.74 Å². The number of ether oxygens (including phenoxy) is 1. The summed E-state index contributed by atoms with van der Waals surface area (Å²) in [7, 11) is 1.87.